The predicted octanol–water partition coefficient (Wildman–Crippen LogP) is 2.26. The van der Waals surface area contributed by atoms with Crippen LogP contribution in [-0.2, 0) is 0 Å². The summed E-state index contributed by atoms with van der Waals surface area (Å²) < 4.78 is 19.1. The van der Waals surface area contributed by atoms with Crippen LogP contribution in [0.5, 0.6) is 5.75 Å². The summed E-state index contributed by atoms with van der Waals surface area (Å²) in [6.45, 7) is 3.72. The molecule has 1 fully saturated rings. The van der Waals surface area contributed by atoms with Crippen LogP contribution in [0.2, 0.25) is 0 Å². The van der Waals surface area contributed by atoms with Crippen molar-refractivity contribution in [1.82, 2.24) is 5.32 Å². The molecule has 0 bridgehead atoms. The van der Waals surface area contributed by atoms with Crippen molar-refractivity contribution in [1.29, 1.82) is 0 Å². The van der Waals surface area contributed by atoms with Crippen molar-refractivity contribution in [2.24, 2.45) is 0 Å². The van der Waals surface area contributed by atoms with Gasteiger partial charge in [0.05, 0.1) is 0 Å². The van der Waals surface area contributed by atoms with Crippen LogP contribution in [0.3, 0.4) is 0 Å². The standard InChI is InChI=1S/C12H16FNO/c1-9-4-5-12(11(13)7-9)15-10-3-2-6-14-8-10/h4-5,7,10,14H,2-3,6,8H2,1H3. The molecule has 3 heteroatoms. The summed E-state index contributed by atoms with van der Waals surface area (Å²) in [4.78, 5) is 0. The molecule has 15 heavy (non-hydrogen) atoms. The lowest BCUT2D eigenvalue weighted by molar-refractivity contribution is 0.160. The Morgan fingerprint density at radius 3 is 3.00 bits per heavy atom. The molecule has 1 aliphatic heterocycles. The van der Waals surface area contributed by atoms with Crippen LogP contribution in [0.25, 0.3) is 0 Å². The fraction of sp³-hybridized carbons (Fsp3) is 0.500. The average molecular weight is 209 g/mol. The maximum Gasteiger partial charge on any atom is 0.165 e. The van der Waals surface area contributed by atoms with Crippen LogP contribution in [0, 0.1) is 12.7 Å². The molecule has 1 aliphatic rings. The van der Waals surface area contributed by atoms with E-state index in [1.54, 1.807) is 6.07 Å². The molecule has 0 spiro atoms. The molecule has 1 atom stereocenters. The molecule has 1 N–H and O–H groups in total. The van der Waals surface area contributed by atoms with Gasteiger partial charge < -0.3 is 10.1 Å². The minimum Gasteiger partial charge on any atom is -0.486 e. The van der Waals surface area contributed by atoms with Gasteiger partial charge in [0.15, 0.2) is 11.6 Å². The average Bonchev–Trinajstić information content (AvgIpc) is 2.24. The molecule has 1 saturated heterocycles. The topological polar surface area (TPSA) is 21.3 Å². The molecule has 0 saturated carbocycles. The highest BCUT2D eigenvalue weighted by Gasteiger charge is 2.15. The van der Waals surface area contributed by atoms with E-state index in [2.05, 4.69) is 5.32 Å². The predicted molar refractivity (Wildman–Crippen MR) is 57.7 cm³/mol. The van der Waals surface area contributed by atoms with Gasteiger partial charge in [0.2, 0.25) is 0 Å². The van der Waals surface area contributed by atoms with E-state index in [1.807, 2.05) is 13.0 Å². The highest BCUT2D eigenvalue weighted by molar-refractivity contribution is 5.28. The number of piperidine rings is 1. The smallest absolute Gasteiger partial charge is 0.165 e. The third-order valence-corrected chi connectivity index (χ3v) is 2.63. The molecule has 0 amide bonds. The molecule has 1 aromatic rings. The molecular formula is C12H16FNO. The normalized spacial score (nSPS) is 21.3. The van der Waals surface area contributed by atoms with Gasteiger partial charge in [-0.15, -0.1) is 0 Å². The van der Waals surface area contributed by atoms with E-state index < -0.39 is 0 Å². The van der Waals surface area contributed by atoms with Crippen LogP contribution >= 0.6 is 0 Å². The van der Waals surface area contributed by atoms with Crippen molar-refractivity contribution in [3.05, 3.63) is 29.6 Å². The van der Waals surface area contributed by atoms with E-state index in [1.165, 1.54) is 6.07 Å². The Bertz CT molecular complexity index is 334. The van der Waals surface area contributed by atoms with E-state index >= 15 is 0 Å². The first-order valence-corrected chi connectivity index (χ1v) is 5.39. The number of halogens is 1. The SMILES string of the molecule is Cc1ccc(OC2CCCNC2)c(F)c1. The molecule has 1 heterocycles. The summed E-state index contributed by atoms with van der Waals surface area (Å²) in [7, 11) is 0. The summed E-state index contributed by atoms with van der Waals surface area (Å²) in [5, 5.41) is 3.24. The Balaban J connectivity index is 2.03. The lowest BCUT2D eigenvalue weighted by atomic mass is 10.1. The molecule has 0 aromatic heterocycles. The Labute approximate surface area is 89.4 Å². The zero-order valence-electron chi connectivity index (χ0n) is 8.92. The van der Waals surface area contributed by atoms with Crippen LogP contribution in [0.15, 0.2) is 18.2 Å². The Morgan fingerprint density at radius 2 is 2.33 bits per heavy atom. The zero-order valence-corrected chi connectivity index (χ0v) is 8.92. The molecule has 2 nitrogen and oxygen atoms in total. The lowest BCUT2D eigenvalue weighted by Gasteiger charge is -2.24. The van der Waals surface area contributed by atoms with Crippen LogP contribution in [0.1, 0.15) is 18.4 Å². The summed E-state index contributed by atoms with van der Waals surface area (Å²) >= 11 is 0. The van der Waals surface area contributed by atoms with Gasteiger partial charge in [-0.1, -0.05) is 6.07 Å². The summed E-state index contributed by atoms with van der Waals surface area (Å²) in [6, 6.07) is 5.08. The molecular weight excluding hydrogens is 193 g/mol. The maximum atomic E-state index is 13.5. The number of rotatable bonds is 2. The summed E-state index contributed by atoms with van der Waals surface area (Å²) in [5.74, 6) is 0.106. The van der Waals surface area contributed by atoms with Crippen LogP contribution in [0.4, 0.5) is 4.39 Å². The Kier molecular flexibility index (Phi) is 3.21. The van der Waals surface area contributed by atoms with Gasteiger partial charge in [-0.2, -0.15) is 0 Å². The van der Waals surface area contributed by atoms with Gasteiger partial charge in [-0.05, 0) is 44.0 Å². The summed E-state index contributed by atoms with van der Waals surface area (Å²) in [5.41, 5.74) is 0.918. The first-order valence-electron chi connectivity index (χ1n) is 5.39. The van der Waals surface area contributed by atoms with E-state index in [9.17, 15) is 4.39 Å². The Morgan fingerprint density at radius 1 is 1.47 bits per heavy atom. The second kappa shape index (κ2) is 4.62. The summed E-state index contributed by atoms with van der Waals surface area (Å²) in [6.07, 6.45) is 2.20. The van der Waals surface area contributed by atoms with Gasteiger partial charge in [-0.3, -0.25) is 0 Å². The molecule has 0 radical (unpaired) electrons. The maximum absolute atomic E-state index is 13.5. The molecule has 0 aliphatic carbocycles. The second-order valence-electron chi connectivity index (χ2n) is 4.02. The lowest BCUT2D eigenvalue weighted by Crippen LogP contribution is -2.37. The van der Waals surface area contributed by atoms with Crippen molar-refractivity contribution < 1.29 is 9.13 Å². The van der Waals surface area contributed by atoms with E-state index in [0.29, 0.717) is 5.75 Å². The highest BCUT2D eigenvalue weighted by Crippen LogP contribution is 2.20. The first-order chi connectivity index (χ1) is 7.25. The van der Waals surface area contributed by atoms with E-state index in [-0.39, 0.29) is 11.9 Å². The molecule has 82 valence electrons. The van der Waals surface area contributed by atoms with E-state index in [0.717, 1.165) is 31.5 Å². The van der Waals surface area contributed by atoms with Gasteiger partial charge in [0.25, 0.3) is 0 Å². The number of benzene rings is 1. The van der Waals surface area contributed by atoms with Crippen LogP contribution < -0.4 is 10.1 Å². The van der Waals surface area contributed by atoms with Crippen LogP contribution in [-0.4, -0.2) is 19.2 Å². The second-order valence-corrected chi connectivity index (χ2v) is 4.02. The van der Waals surface area contributed by atoms with Crippen molar-refractivity contribution in [2.45, 2.75) is 25.9 Å². The first kappa shape index (κ1) is 10.4. The zero-order chi connectivity index (χ0) is 10.7. The van der Waals surface area contributed by atoms with Gasteiger partial charge >= 0.3 is 0 Å². The quantitative estimate of drug-likeness (QED) is 0.806. The van der Waals surface area contributed by atoms with Crippen molar-refractivity contribution in [3.63, 3.8) is 0 Å². The molecule has 1 unspecified atom stereocenters. The van der Waals surface area contributed by atoms with Gasteiger partial charge in [-0.25, -0.2) is 4.39 Å². The van der Waals surface area contributed by atoms with E-state index in [4.69, 9.17) is 4.74 Å². The van der Waals surface area contributed by atoms with Gasteiger partial charge in [0, 0.05) is 6.54 Å². The minimum absolute atomic E-state index is 0.107. The fourth-order valence-electron chi connectivity index (χ4n) is 1.80. The third kappa shape index (κ3) is 2.69. The number of ether oxygens (including phenoxy) is 1. The number of nitrogens with one attached hydrogen (secondary N) is 1. The van der Waals surface area contributed by atoms with Gasteiger partial charge in [0.1, 0.15) is 6.10 Å². The minimum atomic E-state index is -0.263. The highest BCUT2D eigenvalue weighted by atomic mass is 19.1. The Hall–Kier alpha value is -1.09. The number of hydrogen-bond acceptors (Lipinski definition) is 2. The van der Waals surface area contributed by atoms with Crippen molar-refractivity contribution >= 4 is 0 Å². The fourth-order valence-corrected chi connectivity index (χ4v) is 1.80. The third-order valence-electron chi connectivity index (χ3n) is 2.63. The number of aryl methyl sites for hydroxylation is 1. The molecule has 1 aromatic carbocycles. The van der Waals surface area contributed by atoms with Crippen molar-refractivity contribution in [2.75, 3.05) is 13.1 Å². The van der Waals surface area contributed by atoms with Crippen molar-refractivity contribution in [3.8, 4) is 5.75 Å². The monoisotopic (exact) mass is 209 g/mol. The molecule has 2 rings (SSSR count). The number of hydrogen-bond donors (Lipinski definition) is 1. The largest absolute Gasteiger partial charge is 0.486 e.